The molecule has 27 heteroatoms. The molecular formula is C97H99N13O11S3. The number of nitrogens with one attached hydrogen (secondary N) is 7. The molecule has 124 heavy (non-hydrogen) atoms. The predicted octanol–water partition coefficient (Wildman–Crippen LogP) is 17.0. The van der Waals surface area contributed by atoms with Gasteiger partial charge in [0.1, 0.15) is 32.5 Å². The second-order valence-corrected chi connectivity index (χ2v) is 35.5. The molecule has 2 aliphatic heterocycles. The van der Waals surface area contributed by atoms with Crippen LogP contribution in [0, 0.1) is 41.5 Å². The number of pyridine rings is 2. The largest absolute Gasteiger partial charge is 0.497 e. The average Bonchev–Trinajstić information content (AvgIpc) is 1.56. The minimum atomic E-state index is -4.03. The molecule has 4 amide bonds. The number of nitrogens with zero attached hydrogens (tertiary/aromatic N) is 6. The van der Waals surface area contributed by atoms with Crippen molar-refractivity contribution in [2.75, 3.05) is 46.2 Å². The van der Waals surface area contributed by atoms with E-state index in [4.69, 9.17) is 9.72 Å². The lowest BCUT2D eigenvalue weighted by Crippen LogP contribution is -2.45. The lowest BCUT2D eigenvalue weighted by molar-refractivity contribution is -0.118. The number of aryl methyl sites for hydroxylation is 5. The lowest BCUT2D eigenvalue weighted by Gasteiger charge is -2.31. The fraction of sp³-hybridized carbons (Fsp3) is 0.206. The van der Waals surface area contributed by atoms with E-state index < -0.39 is 54.0 Å². The summed E-state index contributed by atoms with van der Waals surface area (Å²) in [5, 5.41) is 13.5. The van der Waals surface area contributed by atoms with Crippen molar-refractivity contribution in [1.29, 1.82) is 0 Å². The van der Waals surface area contributed by atoms with Gasteiger partial charge in [0.2, 0.25) is 37.8 Å². The fourth-order valence-corrected chi connectivity index (χ4v) is 19.4. The van der Waals surface area contributed by atoms with Gasteiger partial charge in [0.15, 0.2) is 0 Å². The molecule has 10 aromatic carbocycles. The number of hydrogen-bond acceptors (Lipinski definition) is 15. The Morgan fingerprint density at radius 3 is 1.56 bits per heavy atom. The number of aromatic nitrogens is 5. The number of sulfonamides is 3. The number of anilines is 5. The van der Waals surface area contributed by atoms with Crippen molar-refractivity contribution in [1.82, 2.24) is 38.4 Å². The van der Waals surface area contributed by atoms with Crippen molar-refractivity contribution in [3.63, 3.8) is 0 Å². The van der Waals surface area contributed by atoms with Crippen molar-refractivity contribution in [3.8, 4) is 5.75 Å². The van der Waals surface area contributed by atoms with Gasteiger partial charge in [-0.1, -0.05) is 188 Å². The number of imidazole rings is 1. The highest BCUT2D eigenvalue weighted by Crippen LogP contribution is 2.41. The predicted molar refractivity (Wildman–Crippen MR) is 490 cm³/mol. The molecule has 0 aliphatic carbocycles. The molecule has 14 aromatic rings. The number of allylic oxidation sites excluding steroid dienone is 1. The molecule has 4 aromatic heterocycles. The number of amides is 4. The Kier molecular flexibility index (Phi) is 27.9. The van der Waals surface area contributed by atoms with Gasteiger partial charge in [-0.3, -0.25) is 38.4 Å². The topological polar surface area (TPSA) is 316 Å². The Balaban J connectivity index is 0.000000142. The number of carbonyl (C=O) groups excluding carboxylic acids is 4. The number of rotatable bonds is 23. The van der Waals surface area contributed by atoms with Crippen LogP contribution in [0.3, 0.4) is 0 Å². The monoisotopic (exact) mass is 1720 g/mol. The molecule has 0 saturated carbocycles. The zero-order valence-corrected chi connectivity index (χ0v) is 73.0. The second kappa shape index (κ2) is 39.2. The number of methoxy groups -OCH3 is 1. The molecule has 1 fully saturated rings. The SMILES string of the molecule is CCc1ccc(NC(=O)C(Cc2ccccc2)NS(=O)(=O)c2cccc3cccnc23)cc1.COc1ccc(C2C(C(=O)Nc3ccccc3C)=C(C)Nc3nc4ccccc4n32)cc1.Cc1ccc(C)c(NS(=O)(=O)c2c(C(=O)N3CCCC3)c(C)n(C)c2C)c1.Cc1ccc(NC(=O)C(Cc2ccccc2)NS(=O)(=O)c2cccc3cccnc23)cc1. The van der Waals surface area contributed by atoms with E-state index in [1.165, 1.54) is 12.1 Å². The van der Waals surface area contributed by atoms with Crippen LogP contribution in [0.5, 0.6) is 5.75 Å². The highest BCUT2D eigenvalue weighted by Gasteiger charge is 2.37. The van der Waals surface area contributed by atoms with Crippen LogP contribution in [-0.4, -0.2) is 110 Å². The minimum Gasteiger partial charge on any atom is -0.497 e. The summed E-state index contributed by atoms with van der Waals surface area (Å²) in [6.07, 6.45) is 6.32. The van der Waals surface area contributed by atoms with Gasteiger partial charge in [0, 0.05) is 77.5 Å². The summed E-state index contributed by atoms with van der Waals surface area (Å²) in [5.41, 5.74) is 15.8. The standard InChI is InChI=1S/C26H24N4O2.C26H25N3O3S.C25H23N3O3S.C20H27N3O3S/c1-16-8-4-5-9-20(16)28-25(31)23-17(2)27-26-29-21-10-6-7-11-22(21)30(26)24(23)18-12-14-19(32-3)15-13-18;1-2-19-13-15-22(16-14-19)28-26(30)23(18-20-8-4-3-5-9-20)29-33(31,32)24-12-6-10-21-11-7-17-27-25(21)24;1-18-12-14-21(15-13-18)27-25(29)22(17-19-7-3-2-4-8-19)28-32(30,31)23-11-5-9-20-10-6-16-26-24(20)23;1-13-8-9-14(2)17(12-13)21-27(25,26)19-16(4)22(5)15(3)18(19)20(24)23-10-6-7-11-23/h4-15,24H,1-3H3,(H,27,29)(H,28,31);3-17,23,29H,2,18H2,1H3,(H,28,30);2-16,22,28H,17H2,1H3,(H,27,29);8-9,12,21H,6-7,10-11H2,1-5H3. The van der Waals surface area contributed by atoms with Crippen LogP contribution in [0.15, 0.2) is 299 Å². The third-order valence-electron chi connectivity index (χ3n) is 21.8. The van der Waals surface area contributed by atoms with Gasteiger partial charge >= 0.3 is 0 Å². The molecular weight excluding hydrogens is 1620 g/mol. The third kappa shape index (κ3) is 20.8. The summed E-state index contributed by atoms with van der Waals surface area (Å²) in [7, 11) is -8.52. The zero-order valence-electron chi connectivity index (χ0n) is 70.6. The summed E-state index contributed by atoms with van der Waals surface area (Å²) in [6, 6.07) is 77.4. The minimum absolute atomic E-state index is 0.0387. The maximum atomic E-state index is 13.6. The first-order valence-corrected chi connectivity index (χ1v) is 45.1. The summed E-state index contributed by atoms with van der Waals surface area (Å²) in [5.74, 6) is 0.278. The fourth-order valence-electron chi connectivity index (χ4n) is 15.0. The van der Waals surface area contributed by atoms with E-state index in [1.54, 1.807) is 117 Å². The maximum Gasteiger partial charge on any atom is 0.264 e. The number of para-hydroxylation sites is 5. The first kappa shape index (κ1) is 88.3. The third-order valence-corrected chi connectivity index (χ3v) is 26.4. The quantitative estimate of drug-likeness (QED) is 0.0313. The van der Waals surface area contributed by atoms with E-state index >= 15 is 0 Å². The number of carbonyl (C=O) groups is 4. The first-order valence-electron chi connectivity index (χ1n) is 40.7. The molecule has 2 aliphatic rings. The number of fused-ring (bicyclic) bond motifs is 5. The smallest absolute Gasteiger partial charge is 0.264 e. The van der Waals surface area contributed by atoms with Crippen molar-refractivity contribution in [3.05, 3.63) is 346 Å². The van der Waals surface area contributed by atoms with E-state index in [2.05, 4.69) is 56.9 Å². The second-order valence-electron chi connectivity index (χ2n) is 30.5. The van der Waals surface area contributed by atoms with Crippen molar-refractivity contribution in [2.45, 2.75) is 120 Å². The van der Waals surface area contributed by atoms with Crippen LogP contribution < -0.4 is 40.2 Å². The van der Waals surface area contributed by atoms with E-state index in [1.807, 2.05) is 217 Å². The summed E-state index contributed by atoms with van der Waals surface area (Å²) < 4.78 is 97.1. The van der Waals surface area contributed by atoms with Crippen LogP contribution >= 0.6 is 0 Å². The van der Waals surface area contributed by atoms with E-state index in [0.29, 0.717) is 68.9 Å². The van der Waals surface area contributed by atoms with Crippen molar-refractivity contribution >= 4 is 115 Å². The summed E-state index contributed by atoms with van der Waals surface area (Å²) in [6.45, 7) is 16.6. The molecule has 636 valence electrons. The molecule has 6 heterocycles. The summed E-state index contributed by atoms with van der Waals surface area (Å²) in [4.78, 5) is 68.2. The summed E-state index contributed by atoms with van der Waals surface area (Å²) >= 11 is 0. The highest BCUT2D eigenvalue weighted by atomic mass is 32.2. The molecule has 24 nitrogen and oxygen atoms in total. The van der Waals surface area contributed by atoms with E-state index in [9.17, 15) is 44.4 Å². The molecule has 0 radical (unpaired) electrons. The number of benzene rings is 10. The zero-order chi connectivity index (χ0) is 88.0. The van der Waals surface area contributed by atoms with E-state index in [-0.39, 0.29) is 50.9 Å². The van der Waals surface area contributed by atoms with Gasteiger partial charge in [0.05, 0.1) is 52.0 Å². The van der Waals surface area contributed by atoms with Crippen LogP contribution in [0.4, 0.5) is 28.7 Å². The number of likely N-dealkylation sites (tertiary alicyclic amines) is 1. The molecule has 7 N–H and O–H groups in total. The normalized spacial score (nSPS) is 13.6. The average molecular weight is 1720 g/mol. The van der Waals surface area contributed by atoms with Gasteiger partial charge < -0.3 is 35.5 Å². The lowest BCUT2D eigenvalue weighted by atomic mass is 9.94. The Bertz CT molecular complexity index is 6630. The Morgan fingerprint density at radius 1 is 0.508 bits per heavy atom. The molecule has 0 spiro atoms. The molecule has 16 rings (SSSR count). The van der Waals surface area contributed by atoms with Crippen molar-refractivity contribution < 1.29 is 49.2 Å². The molecule has 1 saturated heterocycles. The van der Waals surface area contributed by atoms with Gasteiger partial charge in [-0.2, -0.15) is 9.44 Å². The van der Waals surface area contributed by atoms with Gasteiger partial charge in [0.25, 0.3) is 21.8 Å². The Labute approximate surface area is 723 Å². The first-order chi connectivity index (χ1) is 59.6. The maximum absolute atomic E-state index is 13.6. The molecule has 3 unspecified atom stereocenters. The van der Waals surface area contributed by atoms with Gasteiger partial charge in [-0.05, 0) is 204 Å². The van der Waals surface area contributed by atoms with Crippen LogP contribution in [0.2, 0.25) is 0 Å². The Morgan fingerprint density at radius 2 is 1.02 bits per heavy atom. The van der Waals surface area contributed by atoms with Gasteiger partial charge in [-0.15, -0.1) is 0 Å². The van der Waals surface area contributed by atoms with E-state index in [0.717, 1.165) is 97.9 Å². The van der Waals surface area contributed by atoms with Crippen LogP contribution in [-0.2, 0) is 70.8 Å². The molecule has 3 atom stereocenters. The van der Waals surface area contributed by atoms with Gasteiger partial charge in [-0.25, -0.2) is 30.2 Å². The highest BCUT2D eigenvalue weighted by molar-refractivity contribution is 7.93. The number of ether oxygens (including phenoxy) is 1. The van der Waals surface area contributed by atoms with Crippen molar-refractivity contribution in [2.24, 2.45) is 7.05 Å². The van der Waals surface area contributed by atoms with Crippen LogP contribution in [0.1, 0.15) is 99.0 Å². The van der Waals surface area contributed by atoms with Crippen LogP contribution in [0.25, 0.3) is 32.8 Å². The Hall–Kier alpha value is -13.4. The molecule has 0 bridgehead atoms. The number of hydrogen-bond donors (Lipinski definition) is 7.